The molecule has 2 aromatic carbocycles. The van der Waals surface area contributed by atoms with E-state index >= 15 is 0 Å². The number of rotatable bonds is 4. The number of hydrogen-bond donors (Lipinski definition) is 1. The summed E-state index contributed by atoms with van der Waals surface area (Å²) < 4.78 is 15.2. The summed E-state index contributed by atoms with van der Waals surface area (Å²) in [6.07, 6.45) is 1.72. The van der Waals surface area contributed by atoms with E-state index in [1.165, 1.54) is 12.1 Å². The first-order valence-corrected chi connectivity index (χ1v) is 9.22. The van der Waals surface area contributed by atoms with Crippen LogP contribution in [-0.4, -0.2) is 25.9 Å². The molecule has 0 radical (unpaired) electrons. The fourth-order valence-electron chi connectivity index (χ4n) is 3.32. The van der Waals surface area contributed by atoms with Gasteiger partial charge in [0.2, 0.25) is 0 Å². The predicted molar refractivity (Wildman–Crippen MR) is 108 cm³/mol. The number of pyridine rings is 1. The minimum atomic E-state index is -0.781. The van der Waals surface area contributed by atoms with E-state index in [9.17, 15) is 9.18 Å². The largest absolute Gasteiger partial charge is 0.342 e. The summed E-state index contributed by atoms with van der Waals surface area (Å²) in [4.78, 5) is 17.3. The molecule has 4 rings (SSSR count). The van der Waals surface area contributed by atoms with E-state index in [-0.39, 0.29) is 17.4 Å². The molecule has 0 aliphatic heterocycles. The lowest BCUT2D eigenvalue weighted by molar-refractivity contribution is 0.0906. The van der Waals surface area contributed by atoms with Crippen LogP contribution < -0.4 is 5.32 Å². The van der Waals surface area contributed by atoms with Crippen molar-refractivity contribution in [3.63, 3.8) is 0 Å². The minimum Gasteiger partial charge on any atom is -0.342 e. The molecule has 0 bridgehead atoms. The fraction of sp³-hybridized carbons (Fsp3) is 0.182. The topological polar surface area (TPSA) is 72.7 Å². The zero-order valence-corrected chi connectivity index (χ0v) is 16.3. The molecule has 4 aromatic rings. The molecule has 0 atom stereocenters. The molecule has 0 unspecified atom stereocenters. The Morgan fingerprint density at radius 1 is 1.10 bits per heavy atom. The number of nitrogens with one attached hydrogen (secondary N) is 1. The number of benzene rings is 2. The molecule has 0 saturated carbocycles. The third-order valence-electron chi connectivity index (χ3n) is 4.92. The Hall–Kier alpha value is -3.61. The van der Waals surface area contributed by atoms with Crippen LogP contribution in [0.3, 0.4) is 0 Å². The maximum Gasteiger partial charge on any atom is 0.274 e. The first kappa shape index (κ1) is 18.7. The summed E-state index contributed by atoms with van der Waals surface area (Å²) in [6.45, 7) is 5.41. The second kappa shape index (κ2) is 7.09. The van der Waals surface area contributed by atoms with Gasteiger partial charge in [0, 0.05) is 11.6 Å². The zero-order chi connectivity index (χ0) is 20.6. The molecule has 2 heterocycles. The highest BCUT2D eigenvalue weighted by molar-refractivity contribution is 5.94. The second-order valence-corrected chi connectivity index (χ2v) is 7.38. The van der Waals surface area contributed by atoms with E-state index in [1.807, 2.05) is 44.2 Å². The number of halogens is 1. The Labute approximate surface area is 167 Å². The summed E-state index contributed by atoms with van der Waals surface area (Å²) in [5.41, 5.74) is 2.20. The maximum atomic E-state index is 13.6. The summed E-state index contributed by atoms with van der Waals surface area (Å²) in [5.74, 6) is -0.730. The third-order valence-corrected chi connectivity index (χ3v) is 4.92. The molecule has 29 heavy (non-hydrogen) atoms. The van der Waals surface area contributed by atoms with Crippen molar-refractivity contribution >= 4 is 16.8 Å². The molecular weight excluding hydrogens is 369 g/mol. The third kappa shape index (κ3) is 3.47. The smallest absolute Gasteiger partial charge is 0.274 e. The van der Waals surface area contributed by atoms with Gasteiger partial charge in [0.25, 0.3) is 5.91 Å². The lowest BCUT2D eigenvalue weighted by Crippen LogP contribution is -2.41. The number of amides is 1. The van der Waals surface area contributed by atoms with Crippen LogP contribution in [0, 0.1) is 12.7 Å². The highest BCUT2D eigenvalue weighted by Gasteiger charge is 2.27. The van der Waals surface area contributed by atoms with Gasteiger partial charge in [0.1, 0.15) is 5.82 Å². The number of fused-ring (bicyclic) bond motifs is 1. The fourth-order valence-corrected chi connectivity index (χ4v) is 3.32. The van der Waals surface area contributed by atoms with E-state index in [0.717, 1.165) is 16.6 Å². The number of carbonyl (C=O) groups is 1. The van der Waals surface area contributed by atoms with Crippen LogP contribution in [0.25, 0.3) is 16.6 Å². The standard InChI is InChI=1S/C22H20FN5O/c1-14-19(21(29)25-22(2,3)16-9-5-10-17(23)13-16)26-27-28(14)18-11-4-7-15-8-6-12-24-20(15)18/h4-13H,1-3H3,(H,25,29). The van der Waals surface area contributed by atoms with Gasteiger partial charge in [-0.2, -0.15) is 0 Å². The van der Waals surface area contributed by atoms with Crippen LogP contribution in [-0.2, 0) is 5.54 Å². The first-order valence-electron chi connectivity index (χ1n) is 9.22. The zero-order valence-electron chi connectivity index (χ0n) is 16.3. The Kier molecular flexibility index (Phi) is 4.58. The number of para-hydroxylation sites is 1. The van der Waals surface area contributed by atoms with Crippen molar-refractivity contribution in [3.8, 4) is 5.69 Å². The van der Waals surface area contributed by atoms with Gasteiger partial charge >= 0.3 is 0 Å². The summed E-state index contributed by atoms with van der Waals surface area (Å²) >= 11 is 0. The molecule has 1 N–H and O–H groups in total. The highest BCUT2D eigenvalue weighted by Crippen LogP contribution is 2.23. The number of nitrogens with zero attached hydrogens (tertiary/aromatic N) is 4. The number of hydrogen-bond acceptors (Lipinski definition) is 4. The Morgan fingerprint density at radius 3 is 2.66 bits per heavy atom. The van der Waals surface area contributed by atoms with Crippen molar-refractivity contribution in [1.82, 2.24) is 25.3 Å². The van der Waals surface area contributed by atoms with Gasteiger partial charge in [0.15, 0.2) is 5.69 Å². The summed E-state index contributed by atoms with van der Waals surface area (Å²) in [6, 6.07) is 15.8. The molecular formula is C22H20FN5O. The molecule has 0 spiro atoms. The quantitative estimate of drug-likeness (QED) is 0.574. The van der Waals surface area contributed by atoms with Crippen molar-refractivity contribution in [2.75, 3.05) is 0 Å². The number of aromatic nitrogens is 4. The van der Waals surface area contributed by atoms with E-state index in [4.69, 9.17) is 0 Å². The van der Waals surface area contributed by atoms with Crippen molar-refractivity contribution < 1.29 is 9.18 Å². The summed E-state index contributed by atoms with van der Waals surface area (Å²) in [5, 5.41) is 12.2. The predicted octanol–water partition coefficient (Wildman–Crippen LogP) is 3.93. The minimum absolute atomic E-state index is 0.211. The molecule has 0 aliphatic rings. The van der Waals surface area contributed by atoms with Crippen LogP contribution in [0.15, 0.2) is 60.8 Å². The maximum absolute atomic E-state index is 13.6. The monoisotopic (exact) mass is 389 g/mol. The van der Waals surface area contributed by atoms with Crippen molar-refractivity contribution in [2.24, 2.45) is 0 Å². The van der Waals surface area contributed by atoms with Gasteiger partial charge in [0.05, 0.1) is 22.4 Å². The van der Waals surface area contributed by atoms with Gasteiger partial charge in [-0.05, 0) is 50.6 Å². The lowest BCUT2D eigenvalue weighted by atomic mass is 9.94. The normalized spacial score (nSPS) is 11.6. The molecule has 146 valence electrons. The molecule has 7 heteroatoms. The molecule has 0 aliphatic carbocycles. The Morgan fingerprint density at radius 2 is 1.86 bits per heavy atom. The second-order valence-electron chi connectivity index (χ2n) is 7.38. The van der Waals surface area contributed by atoms with Crippen LogP contribution in [0.1, 0.15) is 35.6 Å². The average Bonchev–Trinajstić information content (AvgIpc) is 3.08. The van der Waals surface area contributed by atoms with Crippen LogP contribution in [0.2, 0.25) is 0 Å². The van der Waals surface area contributed by atoms with Gasteiger partial charge in [-0.15, -0.1) is 5.10 Å². The van der Waals surface area contributed by atoms with Gasteiger partial charge < -0.3 is 5.32 Å². The van der Waals surface area contributed by atoms with Gasteiger partial charge in [-0.25, -0.2) is 9.07 Å². The lowest BCUT2D eigenvalue weighted by Gasteiger charge is -2.26. The average molecular weight is 389 g/mol. The van der Waals surface area contributed by atoms with Crippen LogP contribution in [0.4, 0.5) is 4.39 Å². The number of carbonyl (C=O) groups excluding carboxylic acids is 1. The first-order chi connectivity index (χ1) is 13.9. The van der Waals surface area contributed by atoms with E-state index in [1.54, 1.807) is 29.9 Å². The Balaban J connectivity index is 1.67. The molecule has 2 aromatic heterocycles. The van der Waals surface area contributed by atoms with Gasteiger partial charge in [-0.1, -0.05) is 35.5 Å². The Bertz CT molecular complexity index is 1210. The van der Waals surface area contributed by atoms with E-state index in [0.29, 0.717) is 11.3 Å². The van der Waals surface area contributed by atoms with Crippen molar-refractivity contribution in [3.05, 3.63) is 83.6 Å². The SMILES string of the molecule is Cc1c(C(=O)NC(C)(C)c2cccc(F)c2)nnn1-c1cccc2cccnc12. The molecule has 0 fully saturated rings. The van der Waals surface area contributed by atoms with Crippen molar-refractivity contribution in [2.45, 2.75) is 26.3 Å². The van der Waals surface area contributed by atoms with Crippen molar-refractivity contribution in [1.29, 1.82) is 0 Å². The van der Waals surface area contributed by atoms with Crippen LogP contribution in [0.5, 0.6) is 0 Å². The van der Waals surface area contributed by atoms with Gasteiger partial charge in [-0.3, -0.25) is 9.78 Å². The van der Waals surface area contributed by atoms with E-state index in [2.05, 4.69) is 20.6 Å². The van der Waals surface area contributed by atoms with Crippen LogP contribution >= 0.6 is 0 Å². The highest BCUT2D eigenvalue weighted by atomic mass is 19.1. The molecule has 0 saturated heterocycles. The molecule has 6 nitrogen and oxygen atoms in total. The summed E-state index contributed by atoms with van der Waals surface area (Å²) in [7, 11) is 0. The van der Waals surface area contributed by atoms with E-state index < -0.39 is 5.54 Å². The molecule has 1 amide bonds.